The minimum atomic E-state index is -0.509. The number of amides is 1. The van der Waals surface area contributed by atoms with Crippen LogP contribution in [0.3, 0.4) is 0 Å². The topological polar surface area (TPSA) is 55.8 Å². The van der Waals surface area contributed by atoms with Gasteiger partial charge < -0.3 is 14.4 Å². The predicted molar refractivity (Wildman–Crippen MR) is 81.2 cm³/mol. The van der Waals surface area contributed by atoms with Crippen molar-refractivity contribution in [2.75, 3.05) is 6.61 Å². The molecule has 4 fully saturated rings. The van der Waals surface area contributed by atoms with Gasteiger partial charge in [0.25, 0.3) is 0 Å². The van der Waals surface area contributed by atoms with Gasteiger partial charge in [0.1, 0.15) is 5.60 Å². The van der Waals surface area contributed by atoms with Crippen LogP contribution in [-0.4, -0.2) is 41.3 Å². The molecule has 0 radical (unpaired) electrons. The smallest absolute Gasteiger partial charge is 0.410 e. The van der Waals surface area contributed by atoms with Crippen molar-refractivity contribution < 1.29 is 19.1 Å². The Morgan fingerprint density at radius 2 is 1.86 bits per heavy atom. The summed E-state index contributed by atoms with van der Waals surface area (Å²) in [5, 5.41) is 0. The van der Waals surface area contributed by atoms with Crippen molar-refractivity contribution >= 4 is 12.1 Å². The summed E-state index contributed by atoms with van der Waals surface area (Å²) in [6.07, 6.45) is 3.72. The standard InChI is InChI=1S/C17H27NO4/c1-5-21-15(19)14-11-6-10-7-12(9-11)18(13(14)8-10)16(20)22-17(2,3)4/h10-14H,5-9H2,1-4H3. The molecule has 1 amide bonds. The second-order valence-electron chi connectivity index (χ2n) is 7.96. The first-order valence-corrected chi connectivity index (χ1v) is 8.48. The number of rotatable bonds is 2. The van der Waals surface area contributed by atoms with E-state index in [0.717, 1.165) is 25.7 Å². The van der Waals surface area contributed by atoms with Gasteiger partial charge in [-0.05, 0) is 65.2 Å². The van der Waals surface area contributed by atoms with Crippen LogP contribution in [0.15, 0.2) is 0 Å². The summed E-state index contributed by atoms with van der Waals surface area (Å²) in [5.74, 6) is 0.725. The van der Waals surface area contributed by atoms with Crippen molar-refractivity contribution in [1.29, 1.82) is 0 Å². The summed E-state index contributed by atoms with van der Waals surface area (Å²) in [6.45, 7) is 7.87. The summed E-state index contributed by atoms with van der Waals surface area (Å²) in [4.78, 5) is 26.9. The molecule has 5 atom stereocenters. The van der Waals surface area contributed by atoms with Crippen LogP contribution in [0.1, 0.15) is 53.4 Å². The Morgan fingerprint density at radius 1 is 1.14 bits per heavy atom. The Balaban J connectivity index is 1.82. The first-order valence-electron chi connectivity index (χ1n) is 8.48. The second kappa shape index (κ2) is 5.43. The lowest BCUT2D eigenvalue weighted by atomic mass is 9.58. The maximum absolute atomic E-state index is 12.6. The molecule has 2 aliphatic carbocycles. The van der Waals surface area contributed by atoms with Crippen molar-refractivity contribution in [2.45, 2.75) is 71.1 Å². The van der Waals surface area contributed by atoms with Gasteiger partial charge in [-0.1, -0.05) is 0 Å². The quantitative estimate of drug-likeness (QED) is 0.736. The zero-order valence-corrected chi connectivity index (χ0v) is 14.0. The van der Waals surface area contributed by atoms with Crippen LogP contribution >= 0.6 is 0 Å². The first kappa shape index (κ1) is 15.6. The van der Waals surface area contributed by atoms with Crippen molar-refractivity contribution in [3.05, 3.63) is 0 Å². The van der Waals surface area contributed by atoms with Crippen LogP contribution < -0.4 is 0 Å². The summed E-state index contributed by atoms with van der Waals surface area (Å²) < 4.78 is 10.9. The lowest BCUT2D eigenvalue weighted by molar-refractivity contribution is -0.167. The molecule has 2 heterocycles. The van der Waals surface area contributed by atoms with Gasteiger partial charge >= 0.3 is 12.1 Å². The van der Waals surface area contributed by atoms with Crippen LogP contribution in [0.4, 0.5) is 4.79 Å². The molecular weight excluding hydrogens is 282 g/mol. The molecule has 5 unspecified atom stereocenters. The molecule has 124 valence electrons. The van der Waals surface area contributed by atoms with Gasteiger partial charge in [0.2, 0.25) is 0 Å². The Bertz CT molecular complexity index is 470. The van der Waals surface area contributed by atoms with Gasteiger partial charge in [-0.25, -0.2) is 4.79 Å². The van der Waals surface area contributed by atoms with E-state index in [4.69, 9.17) is 9.47 Å². The van der Waals surface area contributed by atoms with Gasteiger partial charge in [0, 0.05) is 12.1 Å². The highest BCUT2D eigenvalue weighted by molar-refractivity contribution is 5.77. The maximum atomic E-state index is 12.6. The van der Waals surface area contributed by atoms with Gasteiger partial charge in [-0.2, -0.15) is 0 Å². The molecule has 5 nitrogen and oxygen atoms in total. The van der Waals surface area contributed by atoms with E-state index in [1.54, 1.807) is 0 Å². The summed E-state index contributed by atoms with van der Waals surface area (Å²) in [6, 6.07) is 0.202. The molecule has 0 spiro atoms. The molecule has 2 saturated carbocycles. The normalized spacial score (nSPS) is 36.4. The number of hydrogen-bond donors (Lipinski definition) is 0. The highest BCUT2D eigenvalue weighted by Gasteiger charge is 2.57. The third kappa shape index (κ3) is 2.70. The van der Waals surface area contributed by atoms with E-state index in [2.05, 4.69) is 0 Å². The van der Waals surface area contributed by atoms with Crippen LogP contribution in [0, 0.1) is 17.8 Å². The van der Waals surface area contributed by atoms with E-state index in [1.807, 2.05) is 32.6 Å². The highest BCUT2D eigenvalue weighted by Crippen LogP contribution is 2.52. The average molecular weight is 309 g/mol. The summed E-state index contributed by atoms with van der Waals surface area (Å²) >= 11 is 0. The zero-order chi connectivity index (χ0) is 16.1. The van der Waals surface area contributed by atoms with Crippen LogP contribution in [0.2, 0.25) is 0 Å². The van der Waals surface area contributed by atoms with E-state index in [0.29, 0.717) is 18.4 Å². The number of piperidine rings is 2. The predicted octanol–water partition coefficient (Wildman–Crippen LogP) is 2.97. The number of carbonyl (C=O) groups is 2. The molecule has 2 saturated heterocycles. The lowest BCUT2D eigenvalue weighted by Gasteiger charge is -2.58. The van der Waals surface area contributed by atoms with Crippen molar-refractivity contribution in [3.8, 4) is 0 Å². The van der Waals surface area contributed by atoms with E-state index < -0.39 is 5.60 Å². The van der Waals surface area contributed by atoms with Crippen LogP contribution in [-0.2, 0) is 14.3 Å². The number of hydrogen-bond acceptors (Lipinski definition) is 4. The maximum Gasteiger partial charge on any atom is 0.410 e. The van der Waals surface area contributed by atoms with Crippen LogP contribution in [0.5, 0.6) is 0 Å². The van der Waals surface area contributed by atoms with Crippen molar-refractivity contribution in [3.63, 3.8) is 0 Å². The Kier molecular flexibility index (Phi) is 3.86. The molecule has 5 heteroatoms. The summed E-state index contributed by atoms with van der Waals surface area (Å²) in [7, 11) is 0. The zero-order valence-electron chi connectivity index (χ0n) is 14.0. The fourth-order valence-corrected chi connectivity index (χ4v) is 4.71. The Labute approximate surface area is 132 Å². The average Bonchev–Trinajstić information content (AvgIpc) is 2.35. The Hall–Kier alpha value is -1.26. The lowest BCUT2D eigenvalue weighted by Crippen LogP contribution is -2.66. The third-order valence-electron chi connectivity index (χ3n) is 5.23. The van der Waals surface area contributed by atoms with Gasteiger partial charge in [0.05, 0.1) is 12.5 Å². The second-order valence-corrected chi connectivity index (χ2v) is 7.96. The van der Waals surface area contributed by atoms with Gasteiger partial charge in [0.15, 0.2) is 0 Å². The molecule has 0 aromatic carbocycles. The number of ether oxygens (including phenoxy) is 2. The van der Waals surface area contributed by atoms with Gasteiger partial charge in [-0.3, -0.25) is 4.79 Å². The van der Waals surface area contributed by atoms with Crippen LogP contribution in [0.25, 0.3) is 0 Å². The van der Waals surface area contributed by atoms with Gasteiger partial charge in [-0.15, -0.1) is 0 Å². The fourth-order valence-electron chi connectivity index (χ4n) is 4.71. The van der Waals surface area contributed by atoms with E-state index in [9.17, 15) is 9.59 Å². The van der Waals surface area contributed by atoms with E-state index in [-0.39, 0.29) is 30.1 Å². The first-order chi connectivity index (χ1) is 10.3. The molecule has 22 heavy (non-hydrogen) atoms. The molecule has 4 bridgehead atoms. The number of carbonyl (C=O) groups excluding carboxylic acids is 2. The SMILES string of the molecule is CCOC(=O)C1C2CC3CC(C2)N(C(=O)OC(C)(C)C)C1C3. The van der Waals surface area contributed by atoms with Crippen molar-refractivity contribution in [1.82, 2.24) is 4.90 Å². The highest BCUT2D eigenvalue weighted by atomic mass is 16.6. The minimum absolute atomic E-state index is 0.0369. The molecule has 2 aliphatic heterocycles. The number of esters is 1. The minimum Gasteiger partial charge on any atom is -0.466 e. The molecule has 4 aliphatic rings. The van der Waals surface area contributed by atoms with E-state index >= 15 is 0 Å². The number of nitrogens with zero attached hydrogens (tertiary/aromatic N) is 1. The molecular formula is C17H27NO4. The molecule has 0 N–H and O–H groups in total. The largest absolute Gasteiger partial charge is 0.466 e. The Morgan fingerprint density at radius 3 is 2.50 bits per heavy atom. The van der Waals surface area contributed by atoms with E-state index in [1.165, 1.54) is 0 Å². The monoisotopic (exact) mass is 309 g/mol. The molecule has 0 aromatic rings. The molecule has 4 rings (SSSR count). The summed E-state index contributed by atoms with van der Waals surface area (Å²) in [5.41, 5.74) is -0.509. The van der Waals surface area contributed by atoms with Crippen molar-refractivity contribution in [2.24, 2.45) is 17.8 Å². The molecule has 0 aromatic heterocycles. The fraction of sp³-hybridized carbons (Fsp3) is 0.882. The third-order valence-corrected chi connectivity index (χ3v) is 5.23.